The second-order valence-corrected chi connectivity index (χ2v) is 2.82. The number of aromatic carboxylic acids is 1. The molecular formula is C9H9ClO3. The number of ether oxygens (including phenoxy) is 1. The summed E-state index contributed by atoms with van der Waals surface area (Å²) in [5, 5.41) is 9.23. The van der Waals surface area contributed by atoms with Crippen LogP contribution in [0.1, 0.15) is 17.3 Å². The van der Waals surface area contributed by atoms with Crippen LogP contribution in [0, 0.1) is 0 Å². The molecule has 0 bridgehead atoms. The fourth-order valence-electron chi connectivity index (χ4n) is 0.948. The lowest BCUT2D eigenvalue weighted by molar-refractivity contribution is 0.0692. The summed E-state index contributed by atoms with van der Waals surface area (Å²) in [5.41, 5.74) is 0.131. The van der Waals surface area contributed by atoms with Crippen molar-refractivity contribution in [1.29, 1.82) is 0 Å². The number of benzene rings is 1. The molecule has 0 aromatic heterocycles. The zero-order valence-corrected chi connectivity index (χ0v) is 7.84. The van der Waals surface area contributed by atoms with E-state index >= 15 is 0 Å². The van der Waals surface area contributed by atoms with E-state index in [0.29, 0.717) is 17.4 Å². The van der Waals surface area contributed by atoms with Gasteiger partial charge in [0.15, 0.2) is 0 Å². The van der Waals surface area contributed by atoms with E-state index in [-0.39, 0.29) is 5.56 Å². The molecule has 0 saturated heterocycles. The molecule has 1 N–H and O–H groups in total. The Balaban J connectivity index is 3.10. The van der Waals surface area contributed by atoms with Crippen LogP contribution in [0.2, 0.25) is 5.02 Å². The van der Waals surface area contributed by atoms with Crippen LogP contribution in [0.4, 0.5) is 0 Å². The van der Waals surface area contributed by atoms with Crippen molar-refractivity contribution in [3.63, 3.8) is 0 Å². The van der Waals surface area contributed by atoms with Crippen molar-refractivity contribution in [3.8, 4) is 5.75 Å². The maximum absolute atomic E-state index is 10.7. The van der Waals surface area contributed by atoms with E-state index in [1.807, 2.05) is 0 Å². The van der Waals surface area contributed by atoms with Gasteiger partial charge in [0, 0.05) is 5.02 Å². The lowest BCUT2D eigenvalue weighted by Crippen LogP contribution is -2.02. The SMILES string of the molecule is CCOc1cc(Cl)ccc1C(=O)O. The summed E-state index contributed by atoms with van der Waals surface area (Å²) in [5.74, 6) is -0.706. The molecule has 4 heteroatoms. The summed E-state index contributed by atoms with van der Waals surface area (Å²) in [6.07, 6.45) is 0. The Hall–Kier alpha value is -1.22. The smallest absolute Gasteiger partial charge is 0.339 e. The molecule has 70 valence electrons. The third-order valence-corrected chi connectivity index (χ3v) is 1.71. The fourth-order valence-corrected chi connectivity index (χ4v) is 1.11. The third-order valence-electron chi connectivity index (χ3n) is 1.47. The summed E-state index contributed by atoms with van der Waals surface area (Å²) in [6, 6.07) is 4.44. The number of halogens is 1. The van der Waals surface area contributed by atoms with Crippen LogP contribution in [0.15, 0.2) is 18.2 Å². The quantitative estimate of drug-likeness (QED) is 0.815. The van der Waals surface area contributed by atoms with Gasteiger partial charge in [0.1, 0.15) is 11.3 Å². The maximum atomic E-state index is 10.7. The van der Waals surface area contributed by atoms with Crippen molar-refractivity contribution in [2.45, 2.75) is 6.92 Å². The second kappa shape index (κ2) is 4.14. The van der Waals surface area contributed by atoms with Gasteiger partial charge in [-0.05, 0) is 25.1 Å². The fraction of sp³-hybridized carbons (Fsp3) is 0.222. The average molecular weight is 201 g/mol. The molecule has 1 aromatic carbocycles. The standard InChI is InChI=1S/C9H9ClO3/c1-2-13-8-5-6(10)3-4-7(8)9(11)12/h3-5H,2H2,1H3,(H,11,12). The summed E-state index contributed by atoms with van der Waals surface area (Å²) >= 11 is 5.68. The van der Waals surface area contributed by atoms with Gasteiger partial charge in [0.25, 0.3) is 0 Å². The molecule has 0 aliphatic heterocycles. The molecule has 3 nitrogen and oxygen atoms in total. The van der Waals surface area contributed by atoms with Gasteiger partial charge in [-0.1, -0.05) is 11.6 Å². The van der Waals surface area contributed by atoms with Crippen LogP contribution in [0.5, 0.6) is 5.75 Å². The first kappa shape index (κ1) is 9.86. The molecule has 0 amide bonds. The van der Waals surface area contributed by atoms with E-state index in [2.05, 4.69) is 0 Å². The zero-order chi connectivity index (χ0) is 9.84. The molecular weight excluding hydrogens is 192 g/mol. The van der Waals surface area contributed by atoms with Crippen LogP contribution in [0.25, 0.3) is 0 Å². The molecule has 0 saturated carbocycles. The highest BCUT2D eigenvalue weighted by Crippen LogP contribution is 2.23. The number of rotatable bonds is 3. The Labute approximate surface area is 80.9 Å². The van der Waals surface area contributed by atoms with Crippen LogP contribution >= 0.6 is 11.6 Å². The molecule has 0 fully saturated rings. The van der Waals surface area contributed by atoms with Gasteiger partial charge in [-0.3, -0.25) is 0 Å². The minimum absolute atomic E-state index is 0.131. The minimum Gasteiger partial charge on any atom is -0.493 e. The van der Waals surface area contributed by atoms with Gasteiger partial charge in [-0.2, -0.15) is 0 Å². The van der Waals surface area contributed by atoms with Gasteiger partial charge < -0.3 is 9.84 Å². The monoisotopic (exact) mass is 200 g/mol. The van der Waals surface area contributed by atoms with Gasteiger partial charge >= 0.3 is 5.97 Å². The molecule has 13 heavy (non-hydrogen) atoms. The third kappa shape index (κ3) is 2.36. The maximum Gasteiger partial charge on any atom is 0.339 e. The molecule has 0 aliphatic carbocycles. The van der Waals surface area contributed by atoms with Crippen LogP contribution in [0.3, 0.4) is 0 Å². The lowest BCUT2D eigenvalue weighted by atomic mass is 10.2. The number of hydrogen-bond acceptors (Lipinski definition) is 2. The normalized spacial score (nSPS) is 9.69. The molecule has 1 rings (SSSR count). The highest BCUT2D eigenvalue weighted by molar-refractivity contribution is 6.30. The average Bonchev–Trinajstić information content (AvgIpc) is 2.04. The molecule has 0 aliphatic rings. The van der Waals surface area contributed by atoms with Crippen LogP contribution < -0.4 is 4.74 Å². The summed E-state index contributed by atoms with van der Waals surface area (Å²) in [6.45, 7) is 2.20. The first-order valence-corrected chi connectivity index (χ1v) is 4.18. The number of carboxylic acids is 1. The highest BCUT2D eigenvalue weighted by atomic mass is 35.5. The van der Waals surface area contributed by atoms with Gasteiger partial charge in [0.2, 0.25) is 0 Å². The van der Waals surface area contributed by atoms with Gasteiger partial charge in [0.05, 0.1) is 6.61 Å². The summed E-state index contributed by atoms with van der Waals surface area (Å²) in [7, 11) is 0. The number of carbonyl (C=O) groups is 1. The molecule has 0 heterocycles. The predicted molar refractivity (Wildman–Crippen MR) is 49.6 cm³/mol. The molecule has 0 atom stereocenters. The first-order chi connectivity index (χ1) is 6.15. The highest BCUT2D eigenvalue weighted by Gasteiger charge is 2.10. The zero-order valence-electron chi connectivity index (χ0n) is 7.08. The molecule has 1 aromatic rings. The topological polar surface area (TPSA) is 46.5 Å². The Morgan fingerprint density at radius 2 is 2.31 bits per heavy atom. The number of hydrogen-bond donors (Lipinski definition) is 1. The Bertz CT molecular complexity index is 323. The van der Waals surface area contributed by atoms with Crippen molar-refractivity contribution >= 4 is 17.6 Å². The minimum atomic E-state index is -1.01. The number of carboxylic acid groups (broad SMARTS) is 1. The Kier molecular flexibility index (Phi) is 3.14. The van der Waals surface area contributed by atoms with E-state index in [1.165, 1.54) is 18.2 Å². The second-order valence-electron chi connectivity index (χ2n) is 2.38. The summed E-state index contributed by atoms with van der Waals surface area (Å²) in [4.78, 5) is 10.7. The lowest BCUT2D eigenvalue weighted by Gasteiger charge is -2.06. The van der Waals surface area contributed by atoms with Crippen LogP contribution in [-0.4, -0.2) is 17.7 Å². The van der Waals surface area contributed by atoms with Crippen molar-refractivity contribution in [2.24, 2.45) is 0 Å². The van der Waals surface area contributed by atoms with Crippen LogP contribution in [-0.2, 0) is 0 Å². The van der Waals surface area contributed by atoms with Crippen molar-refractivity contribution in [2.75, 3.05) is 6.61 Å². The van der Waals surface area contributed by atoms with E-state index in [0.717, 1.165) is 0 Å². The van der Waals surface area contributed by atoms with E-state index < -0.39 is 5.97 Å². The van der Waals surface area contributed by atoms with Gasteiger partial charge in [-0.25, -0.2) is 4.79 Å². The first-order valence-electron chi connectivity index (χ1n) is 3.80. The Morgan fingerprint density at radius 3 is 2.85 bits per heavy atom. The summed E-state index contributed by atoms with van der Waals surface area (Å²) < 4.78 is 5.11. The molecule has 0 spiro atoms. The van der Waals surface area contributed by atoms with Crippen molar-refractivity contribution in [1.82, 2.24) is 0 Å². The Morgan fingerprint density at radius 1 is 1.62 bits per heavy atom. The van der Waals surface area contributed by atoms with Crippen molar-refractivity contribution in [3.05, 3.63) is 28.8 Å². The molecule has 0 unspecified atom stereocenters. The largest absolute Gasteiger partial charge is 0.493 e. The van der Waals surface area contributed by atoms with E-state index in [9.17, 15) is 4.79 Å². The molecule has 0 radical (unpaired) electrons. The van der Waals surface area contributed by atoms with E-state index in [1.54, 1.807) is 6.92 Å². The van der Waals surface area contributed by atoms with Crippen molar-refractivity contribution < 1.29 is 14.6 Å². The van der Waals surface area contributed by atoms with E-state index in [4.69, 9.17) is 21.4 Å². The van der Waals surface area contributed by atoms with Gasteiger partial charge in [-0.15, -0.1) is 0 Å². The predicted octanol–water partition coefficient (Wildman–Crippen LogP) is 2.44.